The fraction of sp³-hybridized carbons (Fsp3) is 0.182. The zero-order valence-electron chi connectivity index (χ0n) is 7.74. The summed E-state index contributed by atoms with van der Waals surface area (Å²) in [6.45, 7) is 2.02. The van der Waals surface area contributed by atoms with E-state index in [1.165, 1.54) is 15.7 Å². The minimum atomic E-state index is 1.07. The molecule has 1 nitrogen and oxygen atoms in total. The van der Waals surface area contributed by atoms with Crippen LogP contribution in [0.2, 0.25) is 0 Å². The zero-order valence-corrected chi connectivity index (χ0v) is 8.56. The summed E-state index contributed by atoms with van der Waals surface area (Å²) < 4.78 is 0. The van der Waals surface area contributed by atoms with Gasteiger partial charge in [0.2, 0.25) is 0 Å². The van der Waals surface area contributed by atoms with Gasteiger partial charge in [-0.1, -0.05) is 6.07 Å². The third kappa shape index (κ3) is 1.68. The van der Waals surface area contributed by atoms with Crippen LogP contribution < -0.4 is 0 Å². The maximum atomic E-state index is 4.26. The highest BCUT2D eigenvalue weighted by Gasteiger charge is 1.96. The van der Waals surface area contributed by atoms with E-state index in [1.807, 2.05) is 13.1 Å². The van der Waals surface area contributed by atoms with E-state index in [0.717, 1.165) is 5.69 Å². The molecular formula is C11H11NS. The third-order valence-corrected chi connectivity index (χ3v) is 2.79. The molecule has 0 unspecified atom stereocenters. The van der Waals surface area contributed by atoms with Crippen molar-refractivity contribution in [2.24, 2.45) is 0 Å². The lowest BCUT2D eigenvalue weighted by atomic mass is 10.1. The molecule has 0 aliphatic rings. The van der Waals surface area contributed by atoms with Crippen molar-refractivity contribution < 1.29 is 0 Å². The number of fused-ring (bicyclic) bond motifs is 1. The molecule has 0 saturated carbocycles. The number of hydrogen-bond donors (Lipinski definition) is 0. The first-order valence-corrected chi connectivity index (χ1v) is 5.42. The first-order valence-electron chi connectivity index (χ1n) is 4.20. The van der Waals surface area contributed by atoms with Gasteiger partial charge in [0.25, 0.3) is 0 Å². The topological polar surface area (TPSA) is 12.9 Å². The van der Waals surface area contributed by atoms with Gasteiger partial charge in [0.15, 0.2) is 0 Å². The zero-order chi connectivity index (χ0) is 9.26. The number of rotatable bonds is 1. The van der Waals surface area contributed by atoms with Crippen LogP contribution in [0.15, 0.2) is 35.4 Å². The van der Waals surface area contributed by atoms with E-state index in [0.29, 0.717) is 0 Å². The highest BCUT2D eigenvalue weighted by molar-refractivity contribution is 7.98. The molecule has 0 fully saturated rings. The Kier molecular flexibility index (Phi) is 2.23. The molecule has 2 heteroatoms. The normalized spacial score (nSPS) is 10.6. The molecular weight excluding hydrogens is 178 g/mol. The number of aromatic nitrogens is 1. The summed E-state index contributed by atoms with van der Waals surface area (Å²) in [6.07, 6.45) is 4.02. The van der Waals surface area contributed by atoms with Gasteiger partial charge >= 0.3 is 0 Å². The molecule has 0 radical (unpaired) electrons. The van der Waals surface area contributed by atoms with Gasteiger partial charge in [-0.2, -0.15) is 0 Å². The van der Waals surface area contributed by atoms with Gasteiger partial charge in [-0.3, -0.25) is 4.98 Å². The van der Waals surface area contributed by atoms with Crippen molar-refractivity contribution in [3.8, 4) is 0 Å². The average Bonchev–Trinajstić information content (AvgIpc) is 2.16. The molecule has 13 heavy (non-hydrogen) atoms. The van der Waals surface area contributed by atoms with Crippen LogP contribution in [0.3, 0.4) is 0 Å². The van der Waals surface area contributed by atoms with E-state index in [2.05, 4.69) is 35.5 Å². The van der Waals surface area contributed by atoms with E-state index in [-0.39, 0.29) is 0 Å². The van der Waals surface area contributed by atoms with Crippen LogP contribution in [0, 0.1) is 6.92 Å². The predicted molar refractivity (Wildman–Crippen MR) is 58.3 cm³/mol. The number of aryl methyl sites for hydroxylation is 1. The minimum Gasteiger partial charge on any atom is -0.261 e. The van der Waals surface area contributed by atoms with Crippen LogP contribution in [0.25, 0.3) is 10.8 Å². The summed E-state index contributed by atoms with van der Waals surface area (Å²) in [5.74, 6) is 0. The number of pyridine rings is 1. The van der Waals surface area contributed by atoms with E-state index in [4.69, 9.17) is 0 Å². The molecule has 0 aliphatic carbocycles. The summed E-state index contributed by atoms with van der Waals surface area (Å²) in [4.78, 5) is 5.56. The van der Waals surface area contributed by atoms with Crippen molar-refractivity contribution in [1.82, 2.24) is 4.98 Å². The Morgan fingerprint density at radius 1 is 1.15 bits per heavy atom. The monoisotopic (exact) mass is 189 g/mol. The Hall–Kier alpha value is -1.02. The van der Waals surface area contributed by atoms with E-state index in [9.17, 15) is 0 Å². The Balaban J connectivity index is 2.68. The van der Waals surface area contributed by atoms with Crippen molar-refractivity contribution in [2.45, 2.75) is 11.8 Å². The quantitative estimate of drug-likeness (QED) is 0.639. The second-order valence-corrected chi connectivity index (χ2v) is 3.92. The minimum absolute atomic E-state index is 1.07. The van der Waals surface area contributed by atoms with Crippen molar-refractivity contribution in [3.63, 3.8) is 0 Å². The van der Waals surface area contributed by atoms with Crippen molar-refractivity contribution in [2.75, 3.05) is 6.26 Å². The molecule has 0 amide bonds. The Morgan fingerprint density at radius 3 is 2.77 bits per heavy atom. The van der Waals surface area contributed by atoms with Crippen molar-refractivity contribution in [1.29, 1.82) is 0 Å². The van der Waals surface area contributed by atoms with Gasteiger partial charge in [0.05, 0.1) is 0 Å². The summed E-state index contributed by atoms with van der Waals surface area (Å²) >= 11 is 1.77. The predicted octanol–water partition coefficient (Wildman–Crippen LogP) is 3.27. The molecule has 2 aromatic rings. The lowest BCUT2D eigenvalue weighted by Gasteiger charge is -2.00. The highest BCUT2D eigenvalue weighted by atomic mass is 32.2. The van der Waals surface area contributed by atoms with Crippen LogP contribution in [0.1, 0.15) is 5.69 Å². The molecule has 1 heterocycles. The summed E-state index contributed by atoms with van der Waals surface area (Å²) in [5, 5.41) is 2.49. The maximum Gasteiger partial charge on any atom is 0.0379 e. The fourth-order valence-electron chi connectivity index (χ4n) is 1.36. The fourth-order valence-corrected chi connectivity index (χ4v) is 1.80. The lowest BCUT2D eigenvalue weighted by molar-refractivity contribution is 1.22. The third-order valence-electron chi connectivity index (χ3n) is 2.07. The van der Waals surface area contributed by atoms with Crippen LogP contribution in [-0.2, 0) is 0 Å². The van der Waals surface area contributed by atoms with Gasteiger partial charge in [-0.15, -0.1) is 11.8 Å². The van der Waals surface area contributed by atoms with Crippen molar-refractivity contribution >= 4 is 22.5 Å². The molecule has 2 rings (SSSR count). The number of hydrogen-bond acceptors (Lipinski definition) is 2. The second kappa shape index (κ2) is 3.38. The molecule has 0 spiro atoms. The molecule has 0 aliphatic heterocycles. The first-order chi connectivity index (χ1) is 6.29. The van der Waals surface area contributed by atoms with Crippen molar-refractivity contribution in [3.05, 3.63) is 36.2 Å². The summed E-state index contributed by atoms with van der Waals surface area (Å²) in [7, 11) is 0. The first kappa shape index (κ1) is 8.57. The van der Waals surface area contributed by atoms with Gasteiger partial charge in [0, 0.05) is 22.2 Å². The van der Waals surface area contributed by atoms with E-state index >= 15 is 0 Å². The average molecular weight is 189 g/mol. The molecule has 0 N–H and O–H groups in total. The van der Waals surface area contributed by atoms with E-state index < -0.39 is 0 Å². The molecule has 0 atom stereocenters. The Morgan fingerprint density at radius 2 is 2.00 bits per heavy atom. The smallest absolute Gasteiger partial charge is 0.0379 e. The molecule has 0 bridgehead atoms. The summed E-state index contributed by atoms with van der Waals surface area (Å²) in [5.41, 5.74) is 1.07. The molecule has 0 saturated heterocycles. The van der Waals surface area contributed by atoms with Crippen LogP contribution >= 0.6 is 11.8 Å². The maximum absolute atomic E-state index is 4.26. The Labute approximate surface area is 82.2 Å². The van der Waals surface area contributed by atoms with Crippen LogP contribution in [-0.4, -0.2) is 11.2 Å². The van der Waals surface area contributed by atoms with Gasteiger partial charge in [-0.25, -0.2) is 0 Å². The van der Waals surface area contributed by atoms with Crippen LogP contribution in [0.5, 0.6) is 0 Å². The lowest BCUT2D eigenvalue weighted by Crippen LogP contribution is -1.81. The molecule has 1 aromatic carbocycles. The highest BCUT2D eigenvalue weighted by Crippen LogP contribution is 2.21. The summed E-state index contributed by atoms with van der Waals surface area (Å²) in [6, 6.07) is 8.57. The standard InChI is InChI=1S/C11H11NS/c1-8-5-10-6-11(13-2)4-3-9(10)7-12-8/h3-7H,1-2H3. The van der Waals surface area contributed by atoms with Gasteiger partial charge in [0.1, 0.15) is 0 Å². The molecule has 66 valence electrons. The van der Waals surface area contributed by atoms with Crippen LogP contribution in [0.4, 0.5) is 0 Å². The Bertz CT molecular complexity index is 437. The number of benzene rings is 1. The largest absolute Gasteiger partial charge is 0.261 e. The molecule has 1 aromatic heterocycles. The van der Waals surface area contributed by atoms with Gasteiger partial charge < -0.3 is 0 Å². The van der Waals surface area contributed by atoms with Gasteiger partial charge in [-0.05, 0) is 36.8 Å². The van der Waals surface area contributed by atoms with E-state index in [1.54, 1.807) is 11.8 Å². The second-order valence-electron chi connectivity index (χ2n) is 3.04. The number of thioether (sulfide) groups is 1. The SMILES string of the molecule is CSc1ccc2cnc(C)cc2c1. The number of nitrogens with zero attached hydrogens (tertiary/aromatic N) is 1.